The first-order valence-corrected chi connectivity index (χ1v) is 4.07. The van der Waals surface area contributed by atoms with Crippen LogP contribution in [-0.2, 0) is 0 Å². The second-order valence-electron chi connectivity index (χ2n) is 1.67. The molecule has 0 amide bonds. The van der Waals surface area contributed by atoms with Gasteiger partial charge in [0.25, 0.3) is 0 Å². The van der Waals surface area contributed by atoms with Crippen molar-refractivity contribution in [1.29, 1.82) is 0 Å². The van der Waals surface area contributed by atoms with E-state index in [4.69, 9.17) is 0 Å². The average Bonchev–Trinajstić information content (AvgIpc) is 2.36. The number of nitrogens with one attached hydrogen (secondary N) is 1. The molecule has 0 aliphatic carbocycles. The molecule has 2 heterocycles. The summed E-state index contributed by atoms with van der Waals surface area (Å²) in [6.07, 6.45) is 1.33. The topological polar surface area (TPSA) is 71.5 Å². The summed E-state index contributed by atoms with van der Waals surface area (Å²) in [5.74, 6) is 0. The van der Waals surface area contributed by atoms with E-state index in [1.54, 1.807) is 0 Å². The molecule has 2 aromatic rings. The van der Waals surface area contributed by atoms with Crippen LogP contribution in [0.4, 0.5) is 0 Å². The fourth-order valence-corrected chi connectivity index (χ4v) is 1.68. The molecular weight excluding hydrogens is 199 g/mol. The van der Waals surface area contributed by atoms with E-state index >= 15 is 0 Å². The third-order valence-electron chi connectivity index (χ3n) is 1.07. The summed E-state index contributed by atoms with van der Waals surface area (Å²) in [5, 5.41) is 0. The molecule has 0 aromatic carbocycles. The Balaban J connectivity index is 3.09. The van der Waals surface area contributed by atoms with Crippen molar-refractivity contribution in [3.8, 4) is 0 Å². The van der Waals surface area contributed by atoms with Gasteiger partial charge < -0.3 is 0 Å². The third kappa shape index (κ3) is 0.698. The van der Waals surface area contributed by atoms with Crippen LogP contribution >= 0.6 is 0 Å². The summed E-state index contributed by atoms with van der Waals surface area (Å²) >= 11 is -0.163. The molecule has 6 heteroatoms. The van der Waals surface area contributed by atoms with Gasteiger partial charge in [-0.3, -0.25) is 0 Å². The van der Waals surface area contributed by atoms with Crippen LogP contribution in [0.2, 0.25) is 0 Å². The molecule has 0 saturated carbocycles. The Bertz CT molecular complexity index is 405. The second kappa shape index (κ2) is 2.00. The number of H-pyrrole nitrogens is 1. The first kappa shape index (κ1) is 5.76. The molecule has 0 fully saturated rings. The zero-order valence-corrected chi connectivity index (χ0v) is 6.45. The number of hydrogen-bond acceptors (Lipinski definition) is 4. The Hall–Kier alpha value is -1.00. The van der Waals surface area contributed by atoms with Gasteiger partial charge in [0, 0.05) is 0 Å². The van der Waals surface area contributed by atoms with Crippen molar-refractivity contribution in [2.75, 3.05) is 0 Å². The molecule has 2 aromatic heterocycles. The average molecular weight is 201 g/mol. The molecular formula is C4H2N4OSe. The van der Waals surface area contributed by atoms with Crippen molar-refractivity contribution in [2.45, 2.75) is 0 Å². The molecule has 10 heavy (non-hydrogen) atoms. The number of fused-ring (bicyclic) bond motifs is 1. The van der Waals surface area contributed by atoms with Crippen LogP contribution in [0.25, 0.3) is 11.2 Å². The fraction of sp³-hybridized carbons (Fsp3) is 0. The predicted molar refractivity (Wildman–Crippen MR) is 34.9 cm³/mol. The summed E-state index contributed by atoms with van der Waals surface area (Å²) < 4.78 is 7.81. The van der Waals surface area contributed by atoms with Gasteiger partial charge in [0.1, 0.15) is 0 Å². The summed E-state index contributed by atoms with van der Waals surface area (Å²) in [6, 6.07) is 0. The fourth-order valence-electron chi connectivity index (χ4n) is 0.632. The van der Waals surface area contributed by atoms with Crippen LogP contribution in [0, 0.1) is 0 Å². The predicted octanol–water partition coefficient (Wildman–Crippen LogP) is -1.23. The Morgan fingerprint density at radius 3 is 3.20 bits per heavy atom. The van der Waals surface area contributed by atoms with Gasteiger partial charge >= 0.3 is 60.7 Å². The van der Waals surface area contributed by atoms with E-state index < -0.39 is 0 Å². The van der Waals surface area contributed by atoms with Crippen LogP contribution in [0.3, 0.4) is 0 Å². The second-order valence-corrected chi connectivity index (χ2v) is 2.78. The molecule has 0 unspecified atom stereocenters. The van der Waals surface area contributed by atoms with Crippen LogP contribution < -0.4 is 5.56 Å². The van der Waals surface area contributed by atoms with E-state index in [1.807, 2.05) is 0 Å². The number of aromatic amines is 1. The van der Waals surface area contributed by atoms with Crippen molar-refractivity contribution in [1.82, 2.24) is 17.9 Å². The van der Waals surface area contributed by atoms with Crippen molar-refractivity contribution < 1.29 is 0 Å². The number of nitrogens with zero attached hydrogens (tertiary/aromatic N) is 3. The van der Waals surface area contributed by atoms with E-state index in [2.05, 4.69) is 17.9 Å². The number of aromatic nitrogens is 4. The quantitative estimate of drug-likeness (QED) is 0.541. The van der Waals surface area contributed by atoms with E-state index in [0.29, 0.717) is 11.2 Å². The normalized spacial score (nSPS) is 10.4. The molecule has 0 aliphatic rings. The van der Waals surface area contributed by atoms with Crippen LogP contribution in [-0.4, -0.2) is 32.9 Å². The molecule has 0 spiro atoms. The molecule has 0 radical (unpaired) electrons. The molecule has 0 atom stereocenters. The van der Waals surface area contributed by atoms with E-state index in [9.17, 15) is 4.79 Å². The molecule has 0 aliphatic heterocycles. The Kier molecular flexibility index (Phi) is 1.15. The molecule has 50 valence electrons. The summed E-state index contributed by atoms with van der Waals surface area (Å²) in [7, 11) is 0. The van der Waals surface area contributed by atoms with Gasteiger partial charge in [-0.2, -0.15) is 0 Å². The minimum atomic E-state index is -0.201. The van der Waals surface area contributed by atoms with Gasteiger partial charge in [0.05, 0.1) is 0 Å². The molecule has 0 bridgehead atoms. The Morgan fingerprint density at radius 2 is 2.40 bits per heavy atom. The SMILES string of the molecule is O=c1[nH]cnc2n[se]nc12. The van der Waals surface area contributed by atoms with E-state index in [0.717, 1.165) is 0 Å². The first-order valence-electron chi connectivity index (χ1n) is 2.54. The zero-order chi connectivity index (χ0) is 6.97. The van der Waals surface area contributed by atoms with Crippen molar-refractivity contribution in [2.24, 2.45) is 0 Å². The zero-order valence-electron chi connectivity index (χ0n) is 4.74. The summed E-state index contributed by atoms with van der Waals surface area (Å²) in [6.45, 7) is 0. The van der Waals surface area contributed by atoms with Gasteiger partial charge in [-0.05, 0) is 0 Å². The molecule has 0 saturated heterocycles. The first-order chi connectivity index (χ1) is 4.88. The van der Waals surface area contributed by atoms with Crippen molar-refractivity contribution in [3.05, 3.63) is 16.7 Å². The molecule has 2 rings (SSSR count). The van der Waals surface area contributed by atoms with Gasteiger partial charge in [0.2, 0.25) is 0 Å². The van der Waals surface area contributed by atoms with Crippen LogP contribution in [0.1, 0.15) is 0 Å². The maximum atomic E-state index is 10.9. The number of hydrogen-bond donors (Lipinski definition) is 1. The van der Waals surface area contributed by atoms with E-state index in [1.165, 1.54) is 6.33 Å². The Morgan fingerprint density at radius 1 is 1.50 bits per heavy atom. The van der Waals surface area contributed by atoms with Crippen molar-refractivity contribution in [3.63, 3.8) is 0 Å². The van der Waals surface area contributed by atoms with Gasteiger partial charge in [-0.1, -0.05) is 0 Å². The monoisotopic (exact) mass is 202 g/mol. The molecule has 5 nitrogen and oxygen atoms in total. The van der Waals surface area contributed by atoms with Crippen LogP contribution in [0.15, 0.2) is 11.1 Å². The van der Waals surface area contributed by atoms with Crippen molar-refractivity contribution >= 4 is 26.1 Å². The third-order valence-corrected chi connectivity index (χ3v) is 2.16. The molecule has 1 N–H and O–H groups in total. The van der Waals surface area contributed by atoms with Gasteiger partial charge in [-0.15, -0.1) is 0 Å². The van der Waals surface area contributed by atoms with Crippen LogP contribution in [0.5, 0.6) is 0 Å². The van der Waals surface area contributed by atoms with E-state index in [-0.39, 0.29) is 20.5 Å². The standard InChI is InChI=1S/C4H2N4OSe/c9-4-2-3(5-1-6-4)8-10-7-2/h1H,(H,5,6,8,9). The minimum absolute atomic E-state index is 0.163. The van der Waals surface area contributed by atoms with Gasteiger partial charge in [-0.25, -0.2) is 0 Å². The maximum absolute atomic E-state index is 10.9. The summed E-state index contributed by atoms with van der Waals surface area (Å²) in [4.78, 5) is 17.1. The number of rotatable bonds is 0. The summed E-state index contributed by atoms with van der Waals surface area (Å²) in [5.41, 5.74) is 0.652. The van der Waals surface area contributed by atoms with Gasteiger partial charge in [0.15, 0.2) is 0 Å². The Labute approximate surface area is 61.4 Å².